The van der Waals surface area contributed by atoms with Crippen LogP contribution in [0.15, 0.2) is 253 Å². The lowest BCUT2D eigenvalue weighted by Gasteiger charge is -2.34. The van der Waals surface area contributed by atoms with Gasteiger partial charge in [0.05, 0.1) is 11.1 Å². The standard InChI is InChI=1S/C61H41NO/c1-4-18-42(19-5-1)49-24-10-11-25-50(49)43-34-38-47(39-35-43)62(48-40-36-44(37-41-48)51-28-16-29-53-52-26-13-15-33-58(52)63-60(51)53)57-32-17-31-56-59(57)54-27-12-14-30-55(54)61(56,45-20-6-2-7-21-45)46-22-8-3-9-23-46/h1-41H. The highest BCUT2D eigenvalue weighted by Gasteiger charge is 2.47. The molecule has 1 aliphatic carbocycles. The highest BCUT2D eigenvalue weighted by molar-refractivity contribution is 6.09. The molecular weight excluding hydrogens is 763 g/mol. The number of fused-ring (bicyclic) bond motifs is 6. The lowest BCUT2D eigenvalue weighted by molar-refractivity contribution is 0.670. The molecule has 0 aliphatic heterocycles. The van der Waals surface area contributed by atoms with Gasteiger partial charge in [-0.25, -0.2) is 0 Å². The van der Waals surface area contributed by atoms with E-state index in [-0.39, 0.29) is 0 Å². The van der Waals surface area contributed by atoms with Crippen LogP contribution in [0.2, 0.25) is 0 Å². The fraction of sp³-hybridized carbons (Fsp3) is 0.0164. The quantitative estimate of drug-likeness (QED) is 0.152. The van der Waals surface area contributed by atoms with Gasteiger partial charge in [0, 0.05) is 33.3 Å². The van der Waals surface area contributed by atoms with Crippen LogP contribution < -0.4 is 4.90 Å². The fourth-order valence-corrected chi connectivity index (χ4v) is 10.2. The number of anilines is 3. The number of benzene rings is 10. The molecule has 0 amide bonds. The smallest absolute Gasteiger partial charge is 0.143 e. The van der Waals surface area contributed by atoms with E-state index in [1.54, 1.807) is 0 Å². The lowest BCUT2D eigenvalue weighted by Crippen LogP contribution is -2.28. The first-order valence-corrected chi connectivity index (χ1v) is 21.7. The van der Waals surface area contributed by atoms with Crippen LogP contribution in [-0.4, -0.2) is 0 Å². The molecule has 0 unspecified atom stereocenters. The van der Waals surface area contributed by atoms with Gasteiger partial charge in [-0.15, -0.1) is 0 Å². The molecule has 0 fully saturated rings. The van der Waals surface area contributed by atoms with Crippen molar-refractivity contribution in [1.82, 2.24) is 0 Å². The van der Waals surface area contributed by atoms with Gasteiger partial charge in [-0.05, 0) is 92.0 Å². The van der Waals surface area contributed by atoms with Crippen LogP contribution in [0.3, 0.4) is 0 Å². The predicted molar refractivity (Wildman–Crippen MR) is 262 cm³/mol. The number of hydrogen-bond donors (Lipinski definition) is 0. The molecular formula is C61H41NO. The first-order valence-electron chi connectivity index (χ1n) is 21.7. The van der Waals surface area contributed by atoms with Crippen molar-refractivity contribution >= 4 is 39.0 Å². The third kappa shape index (κ3) is 5.87. The van der Waals surface area contributed by atoms with Crippen molar-refractivity contribution in [2.45, 2.75) is 5.41 Å². The summed E-state index contributed by atoms with van der Waals surface area (Å²) < 4.78 is 6.50. The van der Waals surface area contributed by atoms with Gasteiger partial charge < -0.3 is 9.32 Å². The molecule has 0 spiro atoms. The van der Waals surface area contributed by atoms with Gasteiger partial charge in [-0.1, -0.05) is 212 Å². The van der Waals surface area contributed by atoms with E-state index in [0.717, 1.165) is 50.1 Å². The Labute approximate surface area is 367 Å². The maximum absolute atomic E-state index is 6.50. The van der Waals surface area contributed by atoms with E-state index < -0.39 is 5.41 Å². The van der Waals surface area contributed by atoms with E-state index in [1.807, 2.05) is 12.1 Å². The van der Waals surface area contributed by atoms with Crippen molar-refractivity contribution in [2.24, 2.45) is 0 Å². The Morgan fingerprint density at radius 3 is 1.43 bits per heavy atom. The summed E-state index contributed by atoms with van der Waals surface area (Å²) >= 11 is 0. The number of rotatable bonds is 8. The molecule has 1 aliphatic rings. The second-order valence-corrected chi connectivity index (χ2v) is 16.3. The maximum Gasteiger partial charge on any atom is 0.143 e. The van der Waals surface area contributed by atoms with Crippen LogP contribution in [-0.2, 0) is 5.41 Å². The summed E-state index contributed by atoms with van der Waals surface area (Å²) in [4.78, 5) is 2.44. The molecule has 0 saturated carbocycles. The van der Waals surface area contributed by atoms with E-state index in [4.69, 9.17) is 4.42 Å². The van der Waals surface area contributed by atoms with Gasteiger partial charge in [-0.3, -0.25) is 0 Å². The monoisotopic (exact) mass is 803 g/mol. The lowest BCUT2D eigenvalue weighted by atomic mass is 9.68. The third-order valence-electron chi connectivity index (χ3n) is 13.0. The van der Waals surface area contributed by atoms with E-state index in [9.17, 15) is 0 Å². The minimum atomic E-state index is -0.518. The molecule has 1 aromatic heterocycles. The summed E-state index contributed by atoms with van der Waals surface area (Å²) in [7, 11) is 0. The first-order chi connectivity index (χ1) is 31.3. The normalized spacial score (nSPS) is 12.6. The van der Waals surface area contributed by atoms with Gasteiger partial charge in [0.1, 0.15) is 11.2 Å². The maximum atomic E-state index is 6.50. The topological polar surface area (TPSA) is 16.4 Å². The summed E-state index contributed by atoms with van der Waals surface area (Å²) in [5.74, 6) is 0. The SMILES string of the molecule is c1ccc(-c2ccccc2-c2ccc(N(c3ccc(-c4cccc5c4oc4ccccc45)cc3)c3cccc4c3-c3ccccc3C4(c3ccccc3)c3ccccc3)cc2)cc1. The molecule has 10 aromatic carbocycles. The summed E-state index contributed by atoms with van der Waals surface area (Å²) in [6.07, 6.45) is 0. The molecule has 11 aromatic rings. The molecule has 0 atom stereocenters. The molecule has 0 N–H and O–H groups in total. The third-order valence-corrected chi connectivity index (χ3v) is 13.0. The molecule has 12 rings (SSSR count). The molecule has 296 valence electrons. The van der Waals surface area contributed by atoms with Gasteiger partial charge in [-0.2, -0.15) is 0 Å². The summed E-state index contributed by atoms with van der Waals surface area (Å²) in [5, 5.41) is 2.26. The van der Waals surface area contributed by atoms with Crippen molar-refractivity contribution in [2.75, 3.05) is 4.90 Å². The average Bonchev–Trinajstić information content (AvgIpc) is 3.90. The van der Waals surface area contributed by atoms with Crippen LogP contribution in [0.5, 0.6) is 0 Å². The molecule has 0 saturated heterocycles. The minimum absolute atomic E-state index is 0.518. The predicted octanol–water partition coefficient (Wildman–Crippen LogP) is 16.4. The van der Waals surface area contributed by atoms with Gasteiger partial charge in [0.2, 0.25) is 0 Å². The second-order valence-electron chi connectivity index (χ2n) is 16.3. The van der Waals surface area contributed by atoms with Crippen molar-refractivity contribution in [3.05, 3.63) is 271 Å². The Hall–Kier alpha value is -8.20. The van der Waals surface area contributed by atoms with Crippen LogP contribution in [0.1, 0.15) is 22.3 Å². The average molecular weight is 804 g/mol. The number of furan rings is 1. The molecule has 1 heterocycles. The van der Waals surface area contributed by atoms with Crippen LogP contribution >= 0.6 is 0 Å². The largest absolute Gasteiger partial charge is 0.455 e. The Morgan fingerprint density at radius 1 is 0.317 bits per heavy atom. The summed E-state index contributed by atoms with van der Waals surface area (Å²) in [5.41, 5.74) is 19.0. The fourth-order valence-electron chi connectivity index (χ4n) is 10.2. The van der Waals surface area contributed by atoms with Crippen molar-refractivity contribution in [1.29, 1.82) is 0 Å². The Balaban J connectivity index is 1.06. The number of nitrogens with zero attached hydrogens (tertiary/aromatic N) is 1. The van der Waals surface area contributed by atoms with Gasteiger partial charge >= 0.3 is 0 Å². The highest BCUT2D eigenvalue weighted by atomic mass is 16.3. The molecule has 63 heavy (non-hydrogen) atoms. The first kappa shape index (κ1) is 36.6. The van der Waals surface area contributed by atoms with Gasteiger partial charge in [0.15, 0.2) is 0 Å². The molecule has 0 radical (unpaired) electrons. The Kier molecular flexibility index (Phi) is 8.76. The van der Waals surface area contributed by atoms with E-state index in [1.165, 1.54) is 55.6 Å². The molecule has 0 bridgehead atoms. The van der Waals surface area contributed by atoms with Gasteiger partial charge in [0.25, 0.3) is 0 Å². The van der Waals surface area contributed by atoms with E-state index in [0.29, 0.717) is 0 Å². The highest BCUT2D eigenvalue weighted by Crippen LogP contribution is 2.59. The minimum Gasteiger partial charge on any atom is -0.455 e. The van der Waals surface area contributed by atoms with Crippen molar-refractivity contribution < 1.29 is 4.42 Å². The molecule has 2 nitrogen and oxygen atoms in total. The van der Waals surface area contributed by atoms with Crippen LogP contribution in [0.4, 0.5) is 17.1 Å². The van der Waals surface area contributed by atoms with Crippen LogP contribution in [0.25, 0.3) is 66.4 Å². The zero-order valence-corrected chi connectivity index (χ0v) is 34.5. The number of para-hydroxylation sites is 2. The molecule has 2 heteroatoms. The Morgan fingerprint density at radius 2 is 0.778 bits per heavy atom. The zero-order valence-electron chi connectivity index (χ0n) is 34.5. The summed E-state index contributed by atoms with van der Waals surface area (Å²) in [6, 6.07) is 90.2. The Bertz CT molecular complexity index is 3380. The number of hydrogen-bond acceptors (Lipinski definition) is 2. The summed E-state index contributed by atoms with van der Waals surface area (Å²) in [6.45, 7) is 0. The van der Waals surface area contributed by atoms with E-state index >= 15 is 0 Å². The van der Waals surface area contributed by atoms with E-state index in [2.05, 4.69) is 241 Å². The zero-order chi connectivity index (χ0) is 41.7. The van der Waals surface area contributed by atoms with Crippen molar-refractivity contribution in [3.8, 4) is 44.5 Å². The van der Waals surface area contributed by atoms with Crippen molar-refractivity contribution in [3.63, 3.8) is 0 Å². The van der Waals surface area contributed by atoms with Crippen LogP contribution in [0, 0.1) is 0 Å². The second kappa shape index (κ2) is 15.1.